The Morgan fingerprint density at radius 2 is 1.95 bits per heavy atom. The van der Waals surface area contributed by atoms with Gasteiger partial charge in [-0.25, -0.2) is 4.98 Å². The Bertz CT molecular complexity index is 490. The molecule has 0 spiro atoms. The van der Waals surface area contributed by atoms with Gasteiger partial charge >= 0.3 is 0 Å². The van der Waals surface area contributed by atoms with Crippen LogP contribution < -0.4 is 5.73 Å². The predicted molar refractivity (Wildman–Crippen MR) is 83.3 cm³/mol. The minimum atomic E-state index is 0.313. The first-order valence-electron chi connectivity index (χ1n) is 6.92. The molecule has 0 radical (unpaired) electrons. The van der Waals surface area contributed by atoms with E-state index in [-0.39, 0.29) is 0 Å². The van der Waals surface area contributed by atoms with E-state index in [1.165, 1.54) is 10.6 Å². The van der Waals surface area contributed by atoms with Gasteiger partial charge in [-0.15, -0.1) is 11.3 Å². The lowest BCUT2D eigenvalue weighted by Crippen LogP contribution is -2.26. The fraction of sp³-hybridized carbons (Fsp3) is 0.438. The van der Waals surface area contributed by atoms with Gasteiger partial charge in [0.1, 0.15) is 0 Å². The number of nitrogens with zero attached hydrogens (tertiary/aromatic N) is 1. The molecule has 1 unspecified atom stereocenters. The van der Waals surface area contributed by atoms with Crippen LogP contribution in [0.3, 0.4) is 0 Å². The first-order valence-corrected chi connectivity index (χ1v) is 7.80. The molecule has 2 nitrogen and oxygen atoms in total. The van der Waals surface area contributed by atoms with Crippen LogP contribution in [0.1, 0.15) is 31.7 Å². The number of hydrogen-bond acceptors (Lipinski definition) is 3. The molecule has 0 fully saturated rings. The smallest absolute Gasteiger partial charge is 0.0932 e. The minimum absolute atomic E-state index is 0.313. The van der Waals surface area contributed by atoms with Crippen molar-refractivity contribution in [2.24, 2.45) is 11.7 Å². The molecule has 1 heterocycles. The summed E-state index contributed by atoms with van der Waals surface area (Å²) in [5, 5.41) is 3.36. The monoisotopic (exact) mass is 274 g/mol. The third kappa shape index (κ3) is 4.15. The minimum Gasteiger partial charge on any atom is -0.327 e. The zero-order valence-corrected chi connectivity index (χ0v) is 12.5. The number of rotatable bonds is 6. The van der Waals surface area contributed by atoms with E-state index in [9.17, 15) is 0 Å². The topological polar surface area (TPSA) is 38.9 Å². The van der Waals surface area contributed by atoms with Gasteiger partial charge in [0.05, 0.1) is 10.7 Å². The van der Waals surface area contributed by atoms with E-state index in [1.54, 1.807) is 11.3 Å². The van der Waals surface area contributed by atoms with Crippen molar-refractivity contribution in [1.29, 1.82) is 0 Å². The van der Waals surface area contributed by atoms with Crippen LogP contribution in [0.5, 0.6) is 0 Å². The number of nitrogens with two attached hydrogens (primary N) is 1. The lowest BCUT2D eigenvalue weighted by Gasteiger charge is -2.14. The summed E-state index contributed by atoms with van der Waals surface area (Å²) < 4.78 is 0. The highest BCUT2D eigenvalue weighted by Crippen LogP contribution is 2.22. The van der Waals surface area contributed by atoms with Gasteiger partial charge in [-0.05, 0) is 25.2 Å². The molecular formula is C16H22N2S. The lowest BCUT2D eigenvalue weighted by molar-refractivity contribution is 0.452. The standard InChI is InChI=1S/C16H22N2S/c1-12(2)14(17)9-6-10-16-18-15(11-19-16)13-7-4-3-5-8-13/h3-5,7-8,11-12,14H,6,9-10,17H2,1-2H3. The van der Waals surface area contributed by atoms with Crippen molar-refractivity contribution in [3.05, 3.63) is 40.7 Å². The molecule has 2 rings (SSSR count). The van der Waals surface area contributed by atoms with Gasteiger partial charge in [-0.1, -0.05) is 44.2 Å². The second-order valence-corrected chi connectivity index (χ2v) is 6.24. The Morgan fingerprint density at radius 1 is 1.21 bits per heavy atom. The zero-order chi connectivity index (χ0) is 13.7. The van der Waals surface area contributed by atoms with E-state index < -0.39 is 0 Å². The molecule has 1 aromatic carbocycles. The largest absolute Gasteiger partial charge is 0.327 e. The summed E-state index contributed by atoms with van der Waals surface area (Å²) in [6, 6.07) is 10.7. The molecule has 1 aromatic heterocycles. The summed E-state index contributed by atoms with van der Waals surface area (Å²) >= 11 is 1.75. The van der Waals surface area contributed by atoms with Gasteiger partial charge in [0.2, 0.25) is 0 Å². The normalized spacial score (nSPS) is 12.8. The van der Waals surface area contributed by atoms with Crippen LogP contribution in [0.4, 0.5) is 0 Å². The molecule has 3 heteroatoms. The van der Waals surface area contributed by atoms with Crippen molar-refractivity contribution in [3.63, 3.8) is 0 Å². The Balaban J connectivity index is 1.88. The lowest BCUT2D eigenvalue weighted by atomic mass is 10.00. The fourth-order valence-corrected chi connectivity index (χ4v) is 2.84. The summed E-state index contributed by atoms with van der Waals surface area (Å²) in [4.78, 5) is 4.70. The van der Waals surface area contributed by atoms with E-state index in [1.807, 2.05) is 6.07 Å². The van der Waals surface area contributed by atoms with Gasteiger partial charge in [-0.2, -0.15) is 0 Å². The van der Waals surface area contributed by atoms with Crippen LogP contribution in [-0.4, -0.2) is 11.0 Å². The summed E-state index contributed by atoms with van der Waals surface area (Å²) in [6.45, 7) is 4.36. The van der Waals surface area contributed by atoms with Gasteiger partial charge in [0, 0.05) is 17.0 Å². The van der Waals surface area contributed by atoms with Crippen molar-refractivity contribution < 1.29 is 0 Å². The van der Waals surface area contributed by atoms with E-state index in [2.05, 4.69) is 43.5 Å². The van der Waals surface area contributed by atoms with E-state index in [4.69, 9.17) is 10.7 Å². The molecular weight excluding hydrogens is 252 g/mol. The van der Waals surface area contributed by atoms with Gasteiger partial charge in [-0.3, -0.25) is 0 Å². The number of aryl methyl sites for hydroxylation is 1. The van der Waals surface area contributed by atoms with Crippen LogP contribution >= 0.6 is 11.3 Å². The Kier molecular flexibility index (Phi) is 5.11. The average molecular weight is 274 g/mol. The first kappa shape index (κ1) is 14.2. The number of aromatic nitrogens is 1. The van der Waals surface area contributed by atoms with Crippen LogP contribution in [0.25, 0.3) is 11.3 Å². The van der Waals surface area contributed by atoms with Gasteiger partial charge in [0.15, 0.2) is 0 Å². The van der Waals surface area contributed by atoms with Crippen molar-refractivity contribution in [1.82, 2.24) is 4.98 Å². The molecule has 0 bridgehead atoms. The molecule has 1 atom stereocenters. The fourth-order valence-electron chi connectivity index (χ4n) is 1.99. The van der Waals surface area contributed by atoms with Crippen LogP contribution in [0, 0.1) is 5.92 Å². The van der Waals surface area contributed by atoms with Crippen molar-refractivity contribution in [2.45, 2.75) is 39.2 Å². The van der Waals surface area contributed by atoms with Crippen molar-refractivity contribution >= 4 is 11.3 Å². The Labute approximate surface area is 119 Å². The van der Waals surface area contributed by atoms with Gasteiger partial charge in [0.25, 0.3) is 0 Å². The highest BCUT2D eigenvalue weighted by Gasteiger charge is 2.08. The summed E-state index contributed by atoms with van der Waals surface area (Å²) in [5.74, 6) is 0.566. The predicted octanol–water partition coefficient (Wildman–Crippen LogP) is 4.12. The van der Waals surface area contributed by atoms with E-state index >= 15 is 0 Å². The van der Waals surface area contributed by atoms with Crippen LogP contribution in [0.2, 0.25) is 0 Å². The summed E-state index contributed by atoms with van der Waals surface area (Å²) in [5.41, 5.74) is 8.35. The molecule has 0 aliphatic heterocycles. The van der Waals surface area contributed by atoms with Crippen molar-refractivity contribution in [3.8, 4) is 11.3 Å². The SMILES string of the molecule is CC(C)C(N)CCCc1nc(-c2ccccc2)cs1. The second-order valence-electron chi connectivity index (χ2n) is 5.29. The van der Waals surface area contributed by atoms with Gasteiger partial charge < -0.3 is 5.73 Å². The zero-order valence-electron chi connectivity index (χ0n) is 11.7. The second kappa shape index (κ2) is 6.83. The number of hydrogen-bond donors (Lipinski definition) is 1. The van der Waals surface area contributed by atoms with Crippen molar-refractivity contribution in [2.75, 3.05) is 0 Å². The maximum Gasteiger partial charge on any atom is 0.0932 e. The highest BCUT2D eigenvalue weighted by atomic mass is 32.1. The Hall–Kier alpha value is -1.19. The maximum absolute atomic E-state index is 6.06. The first-order chi connectivity index (χ1) is 9.16. The average Bonchev–Trinajstić information content (AvgIpc) is 2.88. The molecule has 0 aliphatic carbocycles. The molecule has 0 saturated heterocycles. The highest BCUT2D eigenvalue weighted by molar-refractivity contribution is 7.09. The van der Waals surface area contributed by atoms with E-state index in [0.717, 1.165) is 25.0 Å². The summed E-state index contributed by atoms with van der Waals surface area (Å²) in [7, 11) is 0. The molecule has 0 aliphatic rings. The molecule has 2 aromatic rings. The third-order valence-electron chi connectivity index (χ3n) is 3.41. The third-order valence-corrected chi connectivity index (χ3v) is 4.31. The van der Waals surface area contributed by atoms with Crippen LogP contribution in [-0.2, 0) is 6.42 Å². The molecule has 2 N–H and O–H groups in total. The summed E-state index contributed by atoms with van der Waals surface area (Å²) in [6.07, 6.45) is 3.25. The molecule has 0 amide bonds. The van der Waals surface area contributed by atoms with Crippen LogP contribution in [0.15, 0.2) is 35.7 Å². The number of benzene rings is 1. The molecule has 0 saturated carbocycles. The maximum atomic E-state index is 6.06. The number of thiazole rings is 1. The Morgan fingerprint density at radius 3 is 2.63 bits per heavy atom. The molecule has 102 valence electrons. The quantitative estimate of drug-likeness (QED) is 0.860. The van der Waals surface area contributed by atoms with E-state index in [0.29, 0.717) is 12.0 Å². The molecule has 19 heavy (non-hydrogen) atoms.